The lowest BCUT2D eigenvalue weighted by Crippen LogP contribution is -2.04. The molecule has 0 aliphatic rings. The van der Waals surface area contributed by atoms with Gasteiger partial charge < -0.3 is 14.6 Å². The summed E-state index contributed by atoms with van der Waals surface area (Å²) in [7, 11) is 0. The highest BCUT2D eigenvalue weighted by Gasteiger charge is 2.14. The second-order valence-electron chi connectivity index (χ2n) is 4.58. The molecule has 0 aliphatic heterocycles. The molecule has 3 aromatic rings. The van der Waals surface area contributed by atoms with Crippen LogP contribution >= 0.6 is 22.7 Å². The van der Waals surface area contributed by atoms with E-state index in [-0.39, 0.29) is 12.5 Å². The van der Waals surface area contributed by atoms with Crippen LogP contribution in [0.3, 0.4) is 0 Å². The van der Waals surface area contributed by atoms with E-state index in [4.69, 9.17) is 9.26 Å². The largest absolute Gasteiger partial charge is 0.455 e. The summed E-state index contributed by atoms with van der Waals surface area (Å²) in [6, 6.07) is 8.87. The van der Waals surface area contributed by atoms with Crippen LogP contribution in [0.15, 0.2) is 40.2 Å². The van der Waals surface area contributed by atoms with Gasteiger partial charge in [-0.2, -0.15) is 0 Å². The molecule has 1 N–H and O–H groups in total. The number of esters is 1. The van der Waals surface area contributed by atoms with Crippen molar-refractivity contribution in [3.05, 3.63) is 46.3 Å². The topological polar surface area (TPSA) is 81.4 Å². The van der Waals surface area contributed by atoms with Crippen LogP contribution in [-0.4, -0.2) is 17.0 Å². The summed E-state index contributed by atoms with van der Waals surface area (Å²) in [6.07, 6.45) is 0. The number of nitrogens with zero attached hydrogens (tertiary/aromatic N) is 1. The zero-order valence-corrected chi connectivity index (χ0v) is 13.7. The lowest BCUT2D eigenvalue weighted by Gasteiger charge is -1.99. The molecule has 0 aliphatic carbocycles. The summed E-state index contributed by atoms with van der Waals surface area (Å²) >= 11 is 2.70. The molecule has 0 saturated heterocycles. The van der Waals surface area contributed by atoms with E-state index >= 15 is 0 Å². The van der Waals surface area contributed by atoms with Crippen molar-refractivity contribution in [2.75, 3.05) is 5.32 Å². The third kappa shape index (κ3) is 3.85. The molecule has 0 radical (unpaired) electrons. The fourth-order valence-corrected chi connectivity index (χ4v) is 3.33. The van der Waals surface area contributed by atoms with Gasteiger partial charge in [-0.05, 0) is 23.6 Å². The van der Waals surface area contributed by atoms with E-state index in [0.29, 0.717) is 21.3 Å². The van der Waals surface area contributed by atoms with E-state index in [1.165, 1.54) is 6.92 Å². The number of aromatic nitrogens is 1. The van der Waals surface area contributed by atoms with Crippen molar-refractivity contribution in [2.45, 2.75) is 13.5 Å². The molecule has 8 heteroatoms. The molecule has 0 unspecified atom stereocenters. The molecule has 3 heterocycles. The molecule has 3 rings (SSSR count). The average Bonchev–Trinajstić information content (AvgIpc) is 3.24. The minimum absolute atomic E-state index is 0.0288. The lowest BCUT2D eigenvalue weighted by atomic mass is 10.3. The van der Waals surface area contributed by atoms with Gasteiger partial charge in [0.2, 0.25) is 5.91 Å². The van der Waals surface area contributed by atoms with Crippen LogP contribution < -0.4 is 5.32 Å². The Morgan fingerprint density at radius 2 is 2.22 bits per heavy atom. The van der Waals surface area contributed by atoms with Crippen LogP contribution in [-0.2, 0) is 16.1 Å². The SMILES string of the molecule is CC(=O)Nc1ccc(C(=O)OCc2cc(-c3cccs3)on2)s1. The Bertz CT molecular complexity index is 820. The highest BCUT2D eigenvalue weighted by Crippen LogP contribution is 2.26. The smallest absolute Gasteiger partial charge is 0.348 e. The van der Waals surface area contributed by atoms with Crippen LogP contribution in [0.1, 0.15) is 22.3 Å². The summed E-state index contributed by atoms with van der Waals surface area (Å²) in [6.45, 7) is 1.44. The van der Waals surface area contributed by atoms with Crippen molar-refractivity contribution in [1.82, 2.24) is 5.16 Å². The van der Waals surface area contributed by atoms with Crippen molar-refractivity contribution in [1.29, 1.82) is 0 Å². The molecule has 3 aromatic heterocycles. The minimum Gasteiger partial charge on any atom is -0.455 e. The number of thiophene rings is 2. The second-order valence-corrected chi connectivity index (χ2v) is 6.61. The zero-order valence-electron chi connectivity index (χ0n) is 12.1. The molecule has 23 heavy (non-hydrogen) atoms. The van der Waals surface area contributed by atoms with E-state index in [9.17, 15) is 9.59 Å². The summed E-state index contributed by atoms with van der Waals surface area (Å²) < 4.78 is 10.4. The van der Waals surface area contributed by atoms with Gasteiger partial charge in [-0.15, -0.1) is 22.7 Å². The fraction of sp³-hybridized carbons (Fsp3) is 0.133. The normalized spacial score (nSPS) is 10.5. The standard InChI is InChI=1S/C15H12N2O4S2/c1-9(18)16-14-5-4-13(23-14)15(19)20-8-10-7-11(21-17-10)12-3-2-6-22-12/h2-7H,8H2,1H3,(H,16,18). The highest BCUT2D eigenvalue weighted by atomic mass is 32.1. The lowest BCUT2D eigenvalue weighted by molar-refractivity contribution is -0.114. The third-order valence-electron chi connectivity index (χ3n) is 2.78. The van der Waals surface area contributed by atoms with Crippen molar-refractivity contribution in [3.8, 4) is 10.6 Å². The van der Waals surface area contributed by atoms with Gasteiger partial charge in [-0.3, -0.25) is 4.79 Å². The van der Waals surface area contributed by atoms with Crippen LogP contribution in [0, 0.1) is 0 Å². The Hall–Kier alpha value is -2.45. The molecule has 6 nitrogen and oxygen atoms in total. The Balaban J connectivity index is 1.58. The summed E-state index contributed by atoms with van der Waals surface area (Å²) in [5.41, 5.74) is 0.542. The van der Waals surface area contributed by atoms with E-state index in [2.05, 4.69) is 10.5 Å². The van der Waals surface area contributed by atoms with Gasteiger partial charge in [0, 0.05) is 13.0 Å². The number of hydrogen-bond acceptors (Lipinski definition) is 7. The molecular formula is C15H12N2O4S2. The number of nitrogens with one attached hydrogen (secondary N) is 1. The molecule has 1 amide bonds. The maximum atomic E-state index is 12.0. The monoisotopic (exact) mass is 348 g/mol. The summed E-state index contributed by atoms with van der Waals surface area (Å²) in [5, 5.41) is 9.05. The van der Waals surface area contributed by atoms with Gasteiger partial charge in [0.1, 0.15) is 17.2 Å². The van der Waals surface area contributed by atoms with Crippen molar-refractivity contribution in [3.63, 3.8) is 0 Å². The number of anilines is 1. The van der Waals surface area contributed by atoms with E-state index in [1.54, 1.807) is 29.5 Å². The third-order valence-corrected chi connectivity index (χ3v) is 4.65. The van der Waals surface area contributed by atoms with Gasteiger partial charge in [0.05, 0.1) is 9.88 Å². The summed E-state index contributed by atoms with van der Waals surface area (Å²) in [4.78, 5) is 24.3. The molecule has 0 atom stereocenters. The molecule has 0 aromatic carbocycles. The number of ether oxygens (including phenoxy) is 1. The van der Waals surface area contributed by atoms with Gasteiger partial charge in [-0.25, -0.2) is 4.79 Å². The molecule has 118 valence electrons. The quantitative estimate of drug-likeness (QED) is 0.710. The van der Waals surface area contributed by atoms with Crippen LogP contribution in [0.4, 0.5) is 5.00 Å². The highest BCUT2D eigenvalue weighted by molar-refractivity contribution is 7.18. The zero-order chi connectivity index (χ0) is 16.2. The first-order valence-corrected chi connectivity index (χ1v) is 8.35. The number of rotatable bonds is 5. The molecule has 0 spiro atoms. The first-order chi connectivity index (χ1) is 11.1. The number of hydrogen-bond donors (Lipinski definition) is 1. The maximum absolute atomic E-state index is 12.0. The first kappa shape index (κ1) is 15.4. The van der Waals surface area contributed by atoms with Crippen LogP contribution in [0.25, 0.3) is 10.6 Å². The van der Waals surface area contributed by atoms with E-state index in [0.717, 1.165) is 16.2 Å². The van der Waals surface area contributed by atoms with E-state index in [1.807, 2.05) is 17.5 Å². The maximum Gasteiger partial charge on any atom is 0.348 e. The molecule has 0 fully saturated rings. The van der Waals surface area contributed by atoms with Crippen molar-refractivity contribution < 1.29 is 18.8 Å². The Kier molecular flexibility index (Phi) is 4.54. The first-order valence-electron chi connectivity index (χ1n) is 6.66. The molecule has 0 saturated carbocycles. The Morgan fingerprint density at radius 3 is 2.96 bits per heavy atom. The molecular weight excluding hydrogens is 336 g/mol. The van der Waals surface area contributed by atoms with Crippen LogP contribution in [0.5, 0.6) is 0 Å². The Labute approximate surface area is 139 Å². The van der Waals surface area contributed by atoms with Crippen molar-refractivity contribution >= 4 is 39.6 Å². The predicted octanol–water partition coefficient (Wildman–Crippen LogP) is 3.78. The van der Waals surface area contributed by atoms with Gasteiger partial charge in [0.25, 0.3) is 0 Å². The average molecular weight is 348 g/mol. The Morgan fingerprint density at radius 1 is 1.35 bits per heavy atom. The van der Waals surface area contributed by atoms with Crippen LogP contribution in [0.2, 0.25) is 0 Å². The van der Waals surface area contributed by atoms with Crippen molar-refractivity contribution in [2.24, 2.45) is 0 Å². The van der Waals surface area contributed by atoms with Gasteiger partial charge in [0.15, 0.2) is 5.76 Å². The number of carbonyl (C=O) groups is 2. The van der Waals surface area contributed by atoms with Gasteiger partial charge in [-0.1, -0.05) is 11.2 Å². The summed E-state index contributed by atoms with van der Waals surface area (Å²) in [5.74, 6) is -0.00198. The number of amides is 1. The second kappa shape index (κ2) is 6.76. The fourth-order valence-electron chi connectivity index (χ4n) is 1.81. The van der Waals surface area contributed by atoms with Gasteiger partial charge >= 0.3 is 5.97 Å². The molecule has 0 bridgehead atoms. The van der Waals surface area contributed by atoms with E-state index < -0.39 is 5.97 Å². The predicted molar refractivity (Wildman–Crippen MR) is 87.6 cm³/mol. The minimum atomic E-state index is -0.465. The number of carbonyl (C=O) groups excluding carboxylic acids is 2.